The zero-order valence-corrected chi connectivity index (χ0v) is 18.7. The average Bonchev–Trinajstić information content (AvgIpc) is 3.35. The molecule has 1 unspecified atom stereocenters. The largest absolute Gasteiger partial charge is 0.436 e. The number of anilines is 1. The molecule has 1 aliphatic rings. The van der Waals surface area contributed by atoms with E-state index in [9.17, 15) is 9.59 Å². The summed E-state index contributed by atoms with van der Waals surface area (Å²) in [6.45, 7) is 0.0346. The lowest BCUT2D eigenvalue weighted by molar-refractivity contribution is -0.140. The number of hydrogen-bond donors (Lipinski definition) is 3. The highest BCUT2D eigenvalue weighted by atomic mass is 35.5. The second-order valence-corrected chi connectivity index (χ2v) is 7.81. The number of aliphatic imine (C=N–C) groups is 1. The minimum atomic E-state index is -0.984. The van der Waals surface area contributed by atoms with Crippen LogP contribution in [-0.2, 0) is 16.1 Å². The molecule has 2 heterocycles. The standard InChI is InChI=1S/C23H22ClN5O5/c24-16-3-1-15(2-4-16)14-29-22(32)19(21(31)25-10-11-30)13-26-23(29)27-17-5-7-18(8-6-17)34-20-9-12-33-28-20/h1-9,12,19,30H,10-11,13-14H2,(H,25,31)(H,26,27). The monoisotopic (exact) mass is 483 g/mol. The number of guanidine groups is 1. The summed E-state index contributed by atoms with van der Waals surface area (Å²) in [6, 6.07) is 15.7. The van der Waals surface area contributed by atoms with Crippen molar-refractivity contribution in [1.29, 1.82) is 0 Å². The van der Waals surface area contributed by atoms with Crippen molar-refractivity contribution < 1.29 is 24.0 Å². The summed E-state index contributed by atoms with van der Waals surface area (Å²) < 4.78 is 10.3. The second kappa shape index (κ2) is 10.8. The minimum absolute atomic E-state index is 0.0110. The van der Waals surface area contributed by atoms with Gasteiger partial charge in [0.2, 0.25) is 17.8 Å². The third kappa shape index (κ3) is 5.72. The van der Waals surface area contributed by atoms with Crippen LogP contribution in [0.1, 0.15) is 5.56 Å². The van der Waals surface area contributed by atoms with Gasteiger partial charge in [0.1, 0.15) is 17.9 Å². The van der Waals surface area contributed by atoms with Gasteiger partial charge in [0, 0.05) is 23.3 Å². The number of ether oxygens (including phenoxy) is 1. The minimum Gasteiger partial charge on any atom is -0.436 e. The maximum Gasteiger partial charge on any atom is 0.259 e. The van der Waals surface area contributed by atoms with E-state index in [0.717, 1.165) is 5.56 Å². The first-order valence-corrected chi connectivity index (χ1v) is 10.9. The van der Waals surface area contributed by atoms with Crippen LogP contribution in [0.4, 0.5) is 5.69 Å². The van der Waals surface area contributed by atoms with Crippen LogP contribution >= 0.6 is 11.6 Å². The average molecular weight is 484 g/mol. The van der Waals surface area contributed by atoms with Crippen LogP contribution in [0.2, 0.25) is 5.02 Å². The van der Waals surface area contributed by atoms with Crippen LogP contribution in [-0.4, -0.2) is 52.6 Å². The first-order valence-electron chi connectivity index (χ1n) is 10.5. The Bertz CT molecular complexity index is 1150. The number of benzene rings is 2. The number of hydrogen-bond acceptors (Lipinski definition) is 8. The number of aromatic nitrogens is 1. The SMILES string of the molecule is O=C(NCCO)C1CN=C(Nc2ccc(Oc3ccon3)cc2)N(Cc2ccc(Cl)cc2)C1=O. The Balaban J connectivity index is 1.52. The number of aliphatic hydroxyl groups excluding tert-OH is 1. The zero-order chi connectivity index (χ0) is 23.9. The summed E-state index contributed by atoms with van der Waals surface area (Å²) in [5.41, 5.74) is 1.49. The van der Waals surface area contributed by atoms with Gasteiger partial charge in [-0.2, -0.15) is 0 Å². The smallest absolute Gasteiger partial charge is 0.259 e. The molecular formula is C23H22ClN5O5. The van der Waals surface area contributed by atoms with Gasteiger partial charge in [-0.15, -0.1) is 0 Å². The highest BCUT2D eigenvalue weighted by Crippen LogP contribution is 2.23. The van der Waals surface area contributed by atoms with Gasteiger partial charge >= 0.3 is 0 Å². The maximum absolute atomic E-state index is 13.3. The molecule has 0 aliphatic carbocycles. The van der Waals surface area contributed by atoms with E-state index in [0.29, 0.717) is 28.3 Å². The lowest BCUT2D eigenvalue weighted by atomic mass is 10.0. The maximum atomic E-state index is 13.3. The zero-order valence-electron chi connectivity index (χ0n) is 18.0. The molecule has 0 saturated heterocycles. The predicted octanol–water partition coefficient (Wildman–Crippen LogP) is 2.66. The van der Waals surface area contributed by atoms with Gasteiger partial charge in [-0.3, -0.25) is 19.5 Å². The van der Waals surface area contributed by atoms with Crippen molar-refractivity contribution in [3.63, 3.8) is 0 Å². The Morgan fingerprint density at radius 2 is 1.94 bits per heavy atom. The molecule has 176 valence electrons. The summed E-state index contributed by atoms with van der Waals surface area (Å²) in [5.74, 6) is -0.646. The number of aliphatic hydroxyl groups is 1. The molecule has 2 aromatic carbocycles. The number of carbonyl (C=O) groups excluding carboxylic acids is 2. The third-order valence-corrected chi connectivity index (χ3v) is 5.22. The van der Waals surface area contributed by atoms with Gasteiger partial charge in [-0.1, -0.05) is 23.7 Å². The molecule has 0 radical (unpaired) electrons. The summed E-state index contributed by atoms with van der Waals surface area (Å²) in [6.07, 6.45) is 1.41. The van der Waals surface area contributed by atoms with Crippen LogP contribution in [0.15, 0.2) is 70.4 Å². The quantitative estimate of drug-likeness (QED) is 0.420. The van der Waals surface area contributed by atoms with E-state index in [-0.39, 0.29) is 26.2 Å². The molecule has 0 spiro atoms. The Morgan fingerprint density at radius 1 is 1.18 bits per heavy atom. The van der Waals surface area contributed by atoms with Crippen LogP contribution in [0, 0.1) is 5.92 Å². The topological polar surface area (TPSA) is 129 Å². The van der Waals surface area contributed by atoms with Crippen LogP contribution in [0.5, 0.6) is 11.6 Å². The van der Waals surface area contributed by atoms with E-state index in [4.69, 9.17) is 26.0 Å². The molecule has 1 aromatic heterocycles. The van der Waals surface area contributed by atoms with Crippen molar-refractivity contribution in [1.82, 2.24) is 15.4 Å². The van der Waals surface area contributed by atoms with Gasteiger partial charge < -0.3 is 25.0 Å². The van der Waals surface area contributed by atoms with Crippen molar-refractivity contribution in [3.8, 4) is 11.6 Å². The van der Waals surface area contributed by atoms with Crippen molar-refractivity contribution >= 4 is 35.1 Å². The van der Waals surface area contributed by atoms with E-state index in [1.165, 1.54) is 11.2 Å². The number of halogens is 1. The second-order valence-electron chi connectivity index (χ2n) is 7.37. The van der Waals surface area contributed by atoms with Crippen LogP contribution in [0.3, 0.4) is 0 Å². The van der Waals surface area contributed by atoms with Gasteiger partial charge in [-0.25, -0.2) is 0 Å². The predicted molar refractivity (Wildman–Crippen MR) is 125 cm³/mol. The molecule has 0 fully saturated rings. The first-order chi connectivity index (χ1) is 16.5. The Morgan fingerprint density at radius 3 is 2.62 bits per heavy atom. The molecule has 0 bridgehead atoms. The number of nitrogens with one attached hydrogen (secondary N) is 2. The molecule has 0 saturated carbocycles. The lowest BCUT2D eigenvalue weighted by Crippen LogP contribution is -2.52. The van der Waals surface area contributed by atoms with Gasteiger partial charge in [0.05, 0.1) is 19.7 Å². The Kier molecular flexibility index (Phi) is 7.41. The van der Waals surface area contributed by atoms with E-state index < -0.39 is 17.7 Å². The van der Waals surface area contributed by atoms with Crippen molar-refractivity contribution in [2.75, 3.05) is 25.0 Å². The summed E-state index contributed by atoms with van der Waals surface area (Å²) >= 11 is 5.98. The fourth-order valence-corrected chi connectivity index (χ4v) is 3.40. The molecule has 3 N–H and O–H groups in total. The molecule has 10 nitrogen and oxygen atoms in total. The fraction of sp³-hybridized carbons (Fsp3) is 0.217. The van der Waals surface area contributed by atoms with Crippen LogP contribution in [0.25, 0.3) is 0 Å². The molecule has 11 heteroatoms. The van der Waals surface area contributed by atoms with Gasteiger partial charge in [-0.05, 0) is 47.1 Å². The Hall–Kier alpha value is -3.89. The van der Waals surface area contributed by atoms with E-state index in [1.807, 2.05) is 0 Å². The first kappa shape index (κ1) is 23.3. The van der Waals surface area contributed by atoms with E-state index in [2.05, 4.69) is 20.8 Å². The number of amides is 2. The molecule has 1 aliphatic heterocycles. The van der Waals surface area contributed by atoms with Crippen molar-refractivity contribution in [2.24, 2.45) is 10.9 Å². The van der Waals surface area contributed by atoms with E-state index in [1.54, 1.807) is 54.6 Å². The molecule has 4 rings (SSSR count). The molecule has 3 aromatic rings. The van der Waals surface area contributed by atoms with Gasteiger partial charge in [0.25, 0.3) is 5.88 Å². The molecule has 1 atom stereocenters. The summed E-state index contributed by atoms with van der Waals surface area (Å²) in [5, 5.41) is 18.9. The van der Waals surface area contributed by atoms with Crippen molar-refractivity contribution in [3.05, 3.63) is 71.4 Å². The molecule has 2 amide bonds. The highest BCUT2D eigenvalue weighted by Gasteiger charge is 2.36. The van der Waals surface area contributed by atoms with E-state index >= 15 is 0 Å². The van der Waals surface area contributed by atoms with Crippen molar-refractivity contribution in [2.45, 2.75) is 6.54 Å². The lowest BCUT2D eigenvalue weighted by Gasteiger charge is -2.32. The number of nitrogens with zero attached hydrogens (tertiary/aromatic N) is 3. The Labute approximate surface area is 200 Å². The molecular weight excluding hydrogens is 462 g/mol. The van der Waals surface area contributed by atoms with Gasteiger partial charge in [0.15, 0.2) is 0 Å². The normalized spacial score (nSPS) is 15.6. The van der Waals surface area contributed by atoms with Crippen LogP contribution < -0.4 is 15.4 Å². The summed E-state index contributed by atoms with van der Waals surface area (Å²) in [7, 11) is 0. The number of carbonyl (C=O) groups is 2. The third-order valence-electron chi connectivity index (χ3n) is 4.97. The highest BCUT2D eigenvalue weighted by molar-refractivity contribution is 6.30. The fourth-order valence-electron chi connectivity index (χ4n) is 3.27. The summed E-state index contributed by atoms with van der Waals surface area (Å²) in [4.78, 5) is 31.6. The molecule has 34 heavy (non-hydrogen) atoms. The number of rotatable bonds is 8.